The summed E-state index contributed by atoms with van der Waals surface area (Å²) in [7, 11) is -1.67. The summed E-state index contributed by atoms with van der Waals surface area (Å²) in [6.07, 6.45) is -30.5. The lowest BCUT2D eigenvalue weighted by Crippen LogP contribution is -2.41. The predicted octanol–water partition coefficient (Wildman–Crippen LogP) is 5.98. The van der Waals surface area contributed by atoms with Crippen molar-refractivity contribution in [2.75, 3.05) is 39.6 Å². The molecule has 0 N–H and O–H groups in total. The first kappa shape index (κ1) is 94.1. The zero-order chi connectivity index (χ0) is 91.2. The van der Waals surface area contributed by atoms with Gasteiger partial charge in [-0.1, -0.05) is 0 Å². The highest BCUT2D eigenvalue weighted by Gasteiger charge is 2.56. The van der Waals surface area contributed by atoms with Gasteiger partial charge in [-0.25, -0.2) is 78.5 Å². The van der Waals surface area contributed by atoms with Crippen LogP contribution in [-0.4, -0.2) is 330 Å². The summed E-state index contributed by atoms with van der Waals surface area (Å²) in [6, 6.07) is 0. The van der Waals surface area contributed by atoms with Gasteiger partial charge in [-0.05, 0) is 87.5 Å². The van der Waals surface area contributed by atoms with Crippen LogP contribution in [0.2, 0.25) is 19.6 Å². The molecule has 0 aromatic heterocycles. The van der Waals surface area contributed by atoms with Crippen LogP contribution >= 0.6 is 0 Å². The van der Waals surface area contributed by atoms with Crippen LogP contribution in [0.3, 0.4) is 0 Å². The van der Waals surface area contributed by atoms with Gasteiger partial charge in [0.25, 0.3) is 24.8 Å². The van der Waals surface area contributed by atoms with Gasteiger partial charge in [0.15, 0.2) is 93.8 Å². The third kappa shape index (κ3) is 25.8. The van der Waals surface area contributed by atoms with E-state index in [1.54, 1.807) is 41.5 Å². The number of nitrogens with zero attached hydrogens (tertiary/aromatic N) is 1. The number of esters is 2. The number of carbonyl (C=O) groups is 17. The molecule has 692 valence electrons. The van der Waals surface area contributed by atoms with E-state index in [9.17, 15) is 90.3 Å². The van der Waals surface area contributed by atoms with E-state index >= 15 is 0 Å². The molecule has 18 heterocycles. The fraction of sp³-hybridized carbons (Fsp3) is 0.710. The second-order valence-electron chi connectivity index (χ2n) is 28.9. The Morgan fingerprint density at radius 3 is 0.888 bits per heavy atom. The zero-order valence-electron chi connectivity index (χ0n) is 67.0. The molecule has 0 bridgehead atoms. The largest absolute Gasteiger partial charge is 0.515 e. The van der Waals surface area contributed by atoms with Crippen molar-refractivity contribution >= 4 is 113 Å². The Morgan fingerprint density at radius 2 is 0.576 bits per heavy atom. The smallest absolute Gasteiger partial charge is 0.462 e. The molecule has 0 spiro atoms. The van der Waals surface area contributed by atoms with Crippen LogP contribution < -0.4 is 0 Å². The molecule has 0 amide bonds. The molecule has 125 heavy (non-hydrogen) atoms. The molecule has 18 aliphatic heterocycles. The summed E-state index contributed by atoms with van der Waals surface area (Å²) in [5.74, 6) is -0.226. The van der Waals surface area contributed by atoms with Gasteiger partial charge in [-0.15, -0.1) is 0 Å². The average Bonchev–Trinajstić information content (AvgIpc) is 1.67. The summed E-state index contributed by atoms with van der Waals surface area (Å²) in [4.78, 5) is 185. The van der Waals surface area contributed by atoms with Crippen LogP contribution in [0.5, 0.6) is 0 Å². The number of alkyl halides is 2. The maximum Gasteiger partial charge on any atom is 0.515 e. The first-order valence-electron chi connectivity index (χ1n) is 37.6. The second kappa shape index (κ2) is 41.4. The van der Waals surface area contributed by atoms with E-state index in [4.69, 9.17) is 106 Å². The van der Waals surface area contributed by atoms with Gasteiger partial charge >= 0.3 is 110 Å². The van der Waals surface area contributed by atoms with Crippen LogP contribution in [0, 0.1) is 6.57 Å². The zero-order valence-corrected chi connectivity index (χ0v) is 68.0. The third-order valence-corrected chi connectivity index (χ3v) is 19.8. The Labute approximate surface area is 701 Å². The molecule has 18 aliphatic rings. The SMILES string of the molecule is C=C1OCC(C2OC(=O)OC2CO[Si](C)(C)C)O1.CC1OC(=O)OC1C1CCC(=O)O1.CC1OC(=O)OC1C1COC(=O)O1.CC1OC(=O)OC1C1OC(=O)OC1C.CC1OC(=O)OC1C1OC(=O)OC1C.CC1OC(=O)OC1C1OC(=O)OC1F.O=C1CCC(C2COC(=O)O2)O1.O=C1OCC(C2OC(=O)OC2F)O1.[C-]#[N+]C1OC(=O)OC1C1COC(=O)O1. The molecule has 18 saturated heterocycles. The lowest BCUT2D eigenvalue weighted by atomic mass is 10.1. The minimum absolute atomic E-state index is 0.0356. The van der Waals surface area contributed by atoms with Crippen LogP contribution in [0.1, 0.15) is 74.1 Å². The molecule has 56 heteroatoms. The van der Waals surface area contributed by atoms with Crippen molar-refractivity contribution in [3.8, 4) is 0 Å². The van der Waals surface area contributed by atoms with Gasteiger partial charge in [0.05, 0.1) is 6.61 Å². The van der Waals surface area contributed by atoms with Crippen LogP contribution in [0.25, 0.3) is 4.85 Å². The summed E-state index contributed by atoms with van der Waals surface area (Å²) in [5, 5.41) is 0. The van der Waals surface area contributed by atoms with Crippen molar-refractivity contribution in [3.63, 3.8) is 0 Å². The van der Waals surface area contributed by atoms with E-state index in [0.717, 1.165) is 0 Å². The van der Waals surface area contributed by atoms with E-state index in [-0.39, 0.29) is 68.7 Å². The van der Waals surface area contributed by atoms with Crippen molar-refractivity contribution < 1.29 is 256 Å². The van der Waals surface area contributed by atoms with E-state index in [2.05, 4.69) is 97.4 Å². The fourth-order valence-electron chi connectivity index (χ4n) is 12.9. The van der Waals surface area contributed by atoms with E-state index in [0.29, 0.717) is 38.9 Å². The summed E-state index contributed by atoms with van der Waals surface area (Å²) in [6.45, 7) is 28.8. The quantitative estimate of drug-likeness (QED) is 0.0937. The topological polar surface area (TPSA) is 618 Å². The highest BCUT2D eigenvalue weighted by Crippen LogP contribution is 2.35. The molecular formula is C69H81F2NO52Si. The molecule has 0 aliphatic carbocycles. The number of ether oxygens (including phenoxy) is 34. The van der Waals surface area contributed by atoms with Crippen molar-refractivity contribution in [2.24, 2.45) is 0 Å². The molecule has 29 atom stereocenters. The van der Waals surface area contributed by atoms with Crippen molar-refractivity contribution in [1.29, 1.82) is 0 Å². The number of halogens is 2. The summed E-state index contributed by atoms with van der Waals surface area (Å²) < 4.78 is 192. The lowest BCUT2D eigenvalue weighted by Gasteiger charge is -2.23. The minimum atomic E-state index is -1.93. The number of cyclic esters (lactones) is 32. The Morgan fingerprint density at radius 1 is 0.296 bits per heavy atom. The van der Waals surface area contributed by atoms with Crippen molar-refractivity contribution in [2.45, 2.75) is 271 Å². The van der Waals surface area contributed by atoms with E-state index in [1.165, 1.54) is 6.92 Å². The number of hydrogen-bond acceptors (Lipinski definition) is 52. The molecule has 18 fully saturated rings. The number of carbonyl (C=O) groups excluding carboxylic acids is 17. The first-order valence-corrected chi connectivity index (χ1v) is 41.0. The Hall–Kier alpha value is -13.1. The van der Waals surface area contributed by atoms with Crippen LogP contribution in [0.4, 0.5) is 80.7 Å². The minimum Gasteiger partial charge on any atom is -0.462 e. The molecule has 0 radical (unpaired) electrons. The Bertz CT molecular complexity index is 3720. The van der Waals surface area contributed by atoms with Gasteiger partial charge < -0.3 is 165 Å². The third-order valence-electron chi connectivity index (χ3n) is 18.8. The fourth-order valence-corrected chi connectivity index (χ4v) is 13.5. The van der Waals surface area contributed by atoms with Gasteiger partial charge in [-0.3, -0.25) is 14.4 Å². The Kier molecular flexibility index (Phi) is 31.1. The van der Waals surface area contributed by atoms with Gasteiger partial charge in [-0.2, -0.15) is 8.78 Å². The second-order valence-corrected chi connectivity index (χ2v) is 33.4. The molecular weight excluding hydrogens is 1740 g/mol. The molecule has 18 rings (SSSR count). The number of rotatable bonds is 12. The van der Waals surface area contributed by atoms with Gasteiger partial charge in [0.1, 0.15) is 88.0 Å². The number of hydrogen-bond donors (Lipinski definition) is 0. The van der Waals surface area contributed by atoms with E-state index < -0.39 is 254 Å². The molecule has 0 aromatic rings. The maximum atomic E-state index is 13.0. The predicted molar refractivity (Wildman–Crippen MR) is 367 cm³/mol. The average molecular weight is 1820 g/mol. The van der Waals surface area contributed by atoms with Crippen molar-refractivity contribution in [1.82, 2.24) is 0 Å². The first-order chi connectivity index (χ1) is 59.0. The van der Waals surface area contributed by atoms with Gasteiger partial charge in [0.2, 0.25) is 12.2 Å². The maximum absolute atomic E-state index is 13.0. The molecule has 0 saturated carbocycles. The van der Waals surface area contributed by atoms with Crippen LogP contribution in [0.15, 0.2) is 12.5 Å². The highest BCUT2D eigenvalue weighted by molar-refractivity contribution is 6.69. The summed E-state index contributed by atoms with van der Waals surface area (Å²) in [5.41, 5.74) is 0. The van der Waals surface area contributed by atoms with Crippen LogP contribution in [-0.2, 0) is 175 Å². The van der Waals surface area contributed by atoms with Gasteiger partial charge in [0, 0.05) is 12.8 Å². The van der Waals surface area contributed by atoms with E-state index in [1.807, 2.05) is 0 Å². The Balaban J connectivity index is 0.000000147. The normalized spacial score (nSPS) is 37.5. The summed E-state index contributed by atoms with van der Waals surface area (Å²) >= 11 is 0. The molecule has 29 unspecified atom stereocenters. The lowest BCUT2D eigenvalue weighted by molar-refractivity contribution is -0.145. The van der Waals surface area contributed by atoms with Crippen molar-refractivity contribution in [3.05, 3.63) is 23.9 Å². The monoisotopic (exact) mass is 1820 g/mol. The standard InChI is InChI=1S/C11H18O6Si.2C8H10O6.C8H10O5.C7H7FO6.C7H5NO6.C7H8O6.C7H8O5.C6H5FO6/c1-7-13-5-8(15-7)10-9(16-11(12)17-10)6-14-18(2,3)4;2*1-3-5(13-7(9)11-3)6-4(2)12-8(10)14-6;1-4-7(13-8(10)11-4)5-2-3-6(9)12-5;1-2-3(12-6(9)11-2)4-5(8)14-7(10)13-4;1-8-5-4(13-7(10)14-5)3-2-11-6(9)12-3;1-3-5(13-7(9)11-3)4-2-10-6(8)12-4;8-6-2-1-4(11-6)5-3-10-7(9)12-5;7-4-3(12-6(9)13-4)2-1-10-5(8)11-2/h8-10H,1,5-6H2,2-4H3;2*3-6H,1-2H3;4-5,7H,2-3H2,1H3;2-5H,1H3;3-5H,2H2;3-5H,2H2,1H3;4-5H,1-3H2;2-4H,1H2. The molecule has 53 nitrogen and oxygen atoms in total. The molecule has 0 aromatic carbocycles. The highest BCUT2D eigenvalue weighted by atomic mass is 28.4.